The minimum absolute atomic E-state index is 0.199. The summed E-state index contributed by atoms with van der Waals surface area (Å²) in [6.45, 7) is 2.11. The van der Waals surface area contributed by atoms with Crippen LogP contribution in [0.5, 0.6) is 11.5 Å². The summed E-state index contributed by atoms with van der Waals surface area (Å²) in [4.78, 5) is 12.1. The number of ether oxygens (including phenoxy) is 2. The Morgan fingerprint density at radius 3 is 2.78 bits per heavy atom. The van der Waals surface area contributed by atoms with E-state index in [2.05, 4.69) is 26.5 Å². The van der Waals surface area contributed by atoms with Gasteiger partial charge in [-0.25, -0.2) is 5.43 Å². The molecule has 2 aromatic rings. The van der Waals surface area contributed by atoms with Gasteiger partial charge in [-0.2, -0.15) is 5.10 Å². The smallest absolute Gasteiger partial charge is 0.272 e. The summed E-state index contributed by atoms with van der Waals surface area (Å²) in [6, 6.07) is 8.79. The van der Waals surface area contributed by atoms with E-state index in [1.807, 2.05) is 13.0 Å². The molecule has 23 heavy (non-hydrogen) atoms. The van der Waals surface area contributed by atoms with Crippen molar-refractivity contribution in [3.8, 4) is 11.5 Å². The maximum absolute atomic E-state index is 12.1. The molecular weight excluding hydrogens is 384 g/mol. The zero-order valence-electron chi connectivity index (χ0n) is 12.1. The number of carbonyl (C=O) groups excluding carboxylic acids is 1. The van der Waals surface area contributed by atoms with E-state index in [-0.39, 0.29) is 12.7 Å². The molecule has 0 aliphatic carbocycles. The average Bonchev–Trinajstić information content (AvgIpc) is 2.94. The number of hydrogen-bond donors (Lipinski definition) is 1. The lowest BCUT2D eigenvalue weighted by molar-refractivity contribution is 0.0955. The first kappa shape index (κ1) is 15.8. The molecule has 0 spiro atoms. The number of halogens is 2. The number of amides is 1. The largest absolute Gasteiger partial charge is 0.454 e. The van der Waals surface area contributed by atoms with Crippen LogP contribution in [-0.4, -0.2) is 18.9 Å². The van der Waals surface area contributed by atoms with E-state index < -0.39 is 0 Å². The molecule has 0 radical (unpaired) electrons. The fourth-order valence-corrected chi connectivity index (χ4v) is 2.80. The highest BCUT2D eigenvalue weighted by atomic mass is 79.9. The third-order valence-corrected chi connectivity index (χ3v) is 4.23. The van der Waals surface area contributed by atoms with E-state index in [9.17, 15) is 4.79 Å². The van der Waals surface area contributed by atoms with E-state index in [0.29, 0.717) is 22.1 Å². The number of benzene rings is 2. The van der Waals surface area contributed by atoms with E-state index in [0.717, 1.165) is 15.6 Å². The summed E-state index contributed by atoms with van der Waals surface area (Å²) in [5.74, 6) is 0.940. The average molecular weight is 396 g/mol. The molecule has 0 saturated heterocycles. The monoisotopic (exact) mass is 394 g/mol. The normalized spacial score (nSPS) is 12.7. The predicted molar refractivity (Wildman–Crippen MR) is 91.5 cm³/mol. The fraction of sp³-hybridized carbons (Fsp3) is 0.125. The Morgan fingerprint density at radius 2 is 2.04 bits per heavy atom. The highest BCUT2D eigenvalue weighted by Crippen LogP contribution is 2.36. The summed E-state index contributed by atoms with van der Waals surface area (Å²) >= 11 is 9.48. The summed E-state index contributed by atoms with van der Waals surface area (Å²) in [7, 11) is 0. The molecule has 5 nitrogen and oxygen atoms in total. The Hall–Kier alpha value is -2.05. The van der Waals surface area contributed by atoms with Crippen molar-refractivity contribution in [1.29, 1.82) is 0 Å². The van der Waals surface area contributed by atoms with E-state index in [1.54, 1.807) is 24.3 Å². The van der Waals surface area contributed by atoms with Crippen LogP contribution in [0, 0.1) is 6.92 Å². The molecule has 1 aliphatic rings. The fourth-order valence-electron chi connectivity index (χ4n) is 2.06. The minimum Gasteiger partial charge on any atom is -0.454 e. The molecule has 0 atom stereocenters. The van der Waals surface area contributed by atoms with Crippen LogP contribution < -0.4 is 14.9 Å². The number of aryl methyl sites for hydroxylation is 1. The van der Waals surface area contributed by atoms with Crippen LogP contribution in [0.1, 0.15) is 21.5 Å². The van der Waals surface area contributed by atoms with Gasteiger partial charge < -0.3 is 9.47 Å². The van der Waals surface area contributed by atoms with Gasteiger partial charge in [-0.3, -0.25) is 4.79 Å². The maximum Gasteiger partial charge on any atom is 0.272 e. The number of nitrogens with one attached hydrogen (secondary N) is 1. The molecule has 118 valence electrons. The lowest BCUT2D eigenvalue weighted by Gasteiger charge is -2.04. The second kappa shape index (κ2) is 6.60. The third-order valence-electron chi connectivity index (χ3n) is 3.23. The zero-order valence-corrected chi connectivity index (χ0v) is 14.4. The van der Waals surface area contributed by atoms with E-state index >= 15 is 0 Å². The number of hydrazone groups is 1. The SMILES string of the molecule is Cc1ccc(C(=O)N/N=C/c2cc3c(cc2Br)OCO3)c(Cl)c1. The Balaban J connectivity index is 1.73. The van der Waals surface area contributed by atoms with Gasteiger partial charge in [0.25, 0.3) is 5.91 Å². The molecule has 0 unspecified atom stereocenters. The molecule has 0 aromatic heterocycles. The second-order valence-electron chi connectivity index (χ2n) is 4.91. The van der Waals surface area contributed by atoms with Crippen LogP contribution in [0.3, 0.4) is 0 Å². The Morgan fingerprint density at radius 1 is 1.30 bits per heavy atom. The number of nitrogens with zero attached hydrogens (tertiary/aromatic N) is 1. The Bertz CT molecular complexity index is 808. The van der Waals surface area contributed by atoms with Crippen molar-refractivity contribution in [3.63, 3.8) is 0 Å². The first-order chi connectivity index (χ1) is 11.0. The summed E-state index contributed by atoms with van der Waals surface area (Å²) in [5, 5.41) is 4.35. The van der Waals surface area contributed by atoms with Gasteiger partial charge in [0.2, 0.25) is 6.79 Å². The van der Waals surface area contributed by atoms with Crippen LogP contribution in [0.4, 0.5) is 0 Å². The molecule has 1 amide bonds. The van der Waals surface area contributed by atoms with Gasteiger partial charge in [-0.15, -0.1) is 0 Å². The van der Waals surface area contributed by atoms with Crippen molar-refractivity contribution in [3.05, 3.63) is 56.5 Å². The Kier molecular flexibility index (Phi) is 4.54. The van der Waals surface area contributed by atoms with Crippen molar-refractivity contribution in [1.82, 2.24) is 5.43 Å². The van der Waals surface area contributed by atoms with Crippen molar-refractivity contribution >= 4 is 39.7 Å². The topological polar surface area (TPSA) is 59.9 Å². The maximum atomic E-state index is 12.1. The minimum atomic E-state index is -0.372. The molecule has 0 fully saturated rings. The number of carbonyl (C=O) groups is 1. The van der Waals surface area contributed by atoms with Crippen LogP contribution in [0.15, 0.2) is 39.9 Å². The predicted octanol–water partition coefficient (Wildman–Crippen LogP) is 3.90. The van der Waals surface area contributed by atoms with Crippen molar-refractivity contribution in [2.75, 3.05) is 6.79 Å². The first-order valence-electron chi connectivity index (χ1n) is 6.73. The van der Waals surface area contributed by atoms with E-state index in [4.69, 9.17) is 21.1 Å². The van der Waals surface area contributed by atoms with Crippen LogP contribution in [0.25, 0.3) is 0 Å². The van der Waals surface area contributed by atoms with Gasteiger partial charge in [-0.1, -0.05) is 17.7 Å². The summed E-state index contributed by atoms with van der Waals surface area (Å²) < 4.78 is 11.4. The van der Waals surface area contributed by atoms with Crippen LogP contribution >= 0.6 is 27.5 Å². The number of rotatable bonds is 3. The molecule has 1 N–H and O–H groups in total. The van der Waals surface area contributed by atoms with Gasteiger partial charge in [0.1, 0.15) is 0 Å². The summed E-state index contributed by atoms with van der Waals surface area (Å²) in [6.07, 6.45) is 1.52. The van der Waals surface area contributed by atoms with Crippen molar-refractivity contribution in [2.45, 2.75) is 6.92 Å². The molecule has 7 heteroatoms. The molecule has 3 rings (SSSR count). The number of fused-ring (bicyclic) bond motifs is 1. The quantitative estimate of drug-likeness (QED) is 0.633. The molecule has 0 bridgehead atoms. The van der Waals surface area contributed by atoms with Gasteiger partial charge in [0.05, 0.1) is 16.8 Å². The lowest BCUT2D eigenvalue weighted by Crippen LogP contribution is -2.18. The molecular formula is C16H12BrClN2O3. The first-order valence-corrected chi connectivity index (χ1v) is 7.90. The molecule has 1 heterocycles. The molecule has 0 saturated carbocycles. The van der Waals surface area contributed by atoms with Gasteiger partial charge >= 0.3 is 0 Å². The molecule has 1 aliphatic heterocycles. The summed E-state index contributed by atoms with van der Waals surface area (Å²) in [5.41, 5.74) is 4.57. The standard InChI is InChI=1S/C16H12BrClN2O3/c1-9-2-3-11(13(18)4-9)16(21)20-19-7-10-5-14-15(6-12(10)17)23-8-22-14/h2-7H,8H2,1H3,(H,20,21)/b19-7+. The zero-order chi connectivity index (χ0) is 16.4. The van der Waals surface area contributed by atoms with Crippen LogP contribution in [0.2, 0.25) is 5.02 Å². The lowest BCUT2D eigenvalue weighted by atomic mass is 10.1. The van der Waals surface area contributed by atoms with E-state index in [1.165, 1.54) is 6.21 Å². The molecule has 2 aromatic carbocycles. The van der Waals surface area contributed by atoms with Gasteiger partial charge in [-0.05, 0) is 52.7 Å². The van der Waals surface area contributed by atoms with Crippen molar-refractivity contribution < 1.29 is 14.3 Å². The highest BCUT2D eigenvalue weighted by Gasteiger charge is 2.15. The second-order valence-corrected chi connectivity index (χ2v) is 6.17. The highest BCUT2D eigenvalue weighted by molar-refractivity contribution is 9.10. The Labute approximate surface area is 146 Å². The van der Waals surface area contributed by atoms with Gasteiger partial charge in [0.15, 0.2) is 11.5 Å². The van der Waals surface area contributed by atoms with Gasteiger partial charge in [0, 0.05) is 10.0 Å². The number of hydrogen-bond acceptors (Lipinski definition) is 4. The third kappa shape index (κ3) is 3.48. The van der Waals surface area contributed by atoms with Crippen LogP contribution in [-0.2, 0) is 0 Å². The van der Waals surface area contributed by atoms with Crippen molar-refractivity contribution in [2.24, 2.45) is 5.10 Å².